The molecular formula is C14H11NO4. The highest BCUT2D eigenvalue weighted by Gasteiger charge is 2.16. The van der Waals surface area contributed by atoms with Crippen molar-refractivity contribution in [1.29, 1.82) is 0 Å². The lowest BCUT2D eigenvalue weighted by Crippen LogP contribution is -2.09. The minimum atomic E-state index is -0.633. The number of H-pyrrole nitrogens is 1. The molecule has 0 amide bonds. The lowest BCUT2D eigenvalue weighted by atomic mass is 10.2. The number of aromatic nitrogens is 1. The van der Waals surface area contributed by atoms with Crippen LogP contribution in [0.5, 0.6) is 0 Å². The van der Waals surface area contributed by atoms with E-state index in [2.05, 4.69) is 4.98 Å². The molecule has 19 heavy (non-hydrogen) atoms. The van der Waals surface area contributed by atoms with E-state index in [0.717, 1.165) is 17.0 Å². The lowest BCUT2D eigenvalue weighted by molar-refractivity contribution is 0.0491. The van der Waals surface area contributed by atoms with Crippen molar-refractivity contribution in [2.75, 3.05) is 6.61 Å². The molecule has 0 aliphatic heterocycles. The zero-order valence-electron chi connectivity index (χ0n) is 10.2. The third-order valence-electron chi connectivity index (χ3n) is 2.86. The molecule has 1 aromatic carbocycles. The van der Waals surface area contributed by atoms with Gasteiger partial charge in [0.15, 0.2) is 5.58 Å². The molecular weight excluding hydrogens is 246 g/mol. The molecule has 0 fully saturated rings. The monoisotopic (exact) mass is 257 g/mol. The van der Waals surface area contributed by atoms with E-state index in [4.69, 9.17) is 9.15 Å². The first kappa shape index (κ1) is 11.5. The summed E-state index contributed by atoms with van der Waals surface area (Å²) < 4.78 is 10.3. The van der Waals surface area contributed by atoms with Gasteiger partial charge in [0.05, 0.1) is 6.61 Å². The zero-order chi connectivity index (χ0) is 13.4. The molecule has 0 atom stereocenters. The summed E-state index contributed by atoms with van der Waals surface area (Å²) in [7, 11) is 0. The topological polar surface area (TPSA) is 72.3 Å². The summed E-state index contributed by atoms with van der Waals surface area (Å²) in [6, 6.07) is 8.51. The van der Waals surface area contributed by atoms with Crippen LogP contribution in [0.3, 0.4) is 0 Å². The van der Waals surface area contributed by atoms with Crippen molar-refractivity contribution in [2.45, 2.75) is 6.92 Å². The van der Waals surface area contributed by atoms with Crippen LogP contribution in [-0.2, 0) is 4.74 Å². The predicted octanol–water partition coefficient (Wildman–Crippen LogP) is 2.45. The fraction of sp³-hybridized carbons (Fsp3) is 0.143. The first-order chi connectivity index (χ1) is 9.20. The van der Waals surface area contributed by atoms with E-state index in [1.165, 1.54) is 0 Å². The van der Waals surface area contributed by atoms with Crippen LogP contribution in [0.4, 0.5) is 0 Å². The normalized spacial score (nSPS) is 11.0. The number of aromatic amines is 1. The van der Waals surface area contributed by atoms with E-state index in [1.54, 1.807) is 6.92 Å². The van der Waals surface area contributed by atoms with Gasteiger partial charge >= 0.3 is 5.97 Å². The van der Waals surface area contributed by atoms with Gasteiger partial charge in [-0.2, -0.15) is 0 Å². The number of nitrogens with one attached hydrogen (secondary N) is 1. The average Bonchev–Trinajstić information content (AvgIpc) is 2.78. The number of carbonyl (C=O) groups excluding carboxylic acids is 1. The third-order valence-corrected chi connectivity index (χ3v) is 2.86. The van der Waals surface area contributed by atoms with E-state index < -0.39 is 5.97 Å². The summed E-state index contributed by atoms with van der Waals surface area (Å²) >= 11 is 0. The summed E-state index contributed by atoms with van der Waals surface area (Å²) in [6.07, 6.45) is 0. The molecule has 0 bridgehead atoms. The second-order valence-corrected chi connectivity index (χ2v) is 4.07. The van der Waals surface area contributed by atoms with E-state index >= 15 is 0 Å². The Kier molecular flexibility index (Phi) is 2.59. The summed E-state index contributed by atoms with van der Waals surface area (Å²) in [5.41, 5.74) is 1.24. The Balaban J connectivity index is 2.32. The second kappa shape index (κ2) is 4.28. The van der Waals surface area contributed by atoms with Crippen molar-refractivity contribution in [1.82, 2.24) is 4.98 Å². The first-order valence-corrected chi connectivity index (χ1v) is 5.92. The number of fused-ring (bicyclic) bond motifs is 3. The van der Waals surface area contributed by atoms with Crippen LogP contribution in [0.15, 0.2) is 39.5 Å². The molecule has 0 saturated carbocycles. The standard InChI is InChI=1S/C14H11NO4/c1-2-18-14(17)11-7-10(16)12-13(19-11)8-5-3-4-6-9(8)15-12/h3-7,15H,2H2,1H3. The Labute approximate surface area is 107 Å². The highest BCUT2D eigenvalue weighted by molar-refractivity contribution is 6.04. The fourth-order valence-corrected chi connectivity index (χ4v) is 2.03. The quantitative estimate of drug-likeness (QED) is 0.716. The molecule has 5 nitrogen and oxygen atoms in total. The largest absolute Gasteiger partial charge is 0.460 e. The molecule has 3 aromatic rings. The summed E-state index contributed by atoms with van der Waals surface area (Å²) in [5.74, 6) is -0.712. The summed E-state index contributed by atoms with van der Waals surface area (Å²) in [6.45, 7) is 1.93. The van der Waals surface area contributed by atoms with Crippen LogP contribution in [0, 0.1) is 0 Å². The number of benzene rings is 1. The number of rotatable bonds is 2. The Morgan fingerprint density at radius 1 is 1.37 bits per heavy atom. The molecule has 3 rings (SSSR count). The van der Waals surface area contributed by atoms with Gasteiger partial charge in [0.1, 0.15) is 5.52 Å². The van der Waals surface area contributed by atoms with Crippen LogP contribution in [0.2, 0.25) is 0 Å². The van der Waals surface area contributed by atoms with Crippen molar-refractivity contribution in [2.24, 2.45) is 0 Å². The number of ether oxygens (including phenoxy) is 1. The minimum Gasteiger partial charge on any atom is -0.460 e. The molecule has 2 heterocycles. The number of para-hydroxylation sites is 1. The smallest absolute Gasteiger partial charge is 0.374 e. The maximum atomic E-state index is 12.0. The van der Waals surface area contributed by atoms with Crippen molar-refractivity contribution >= 4 is 28.0 Å². The summed E-state index contributed by atoms with van der Waals surface area (Å²) in [4.78, 5) is 26.6. The Bertz CT molecular complexity index is 828. The molecule has 2 aromatic heterocycles. The second-order valence-electron chi connectivity index (χ2n) is 4.07. The fourth-order valence-electron chi connectivity index (χ4n) is 2.03. The Hall–Kier alpha value is -2.56. The van der Waals surface area contributed by atoms with E-state index in [9.17, 15) is 9.59 Å². The minimum absolute atomic E-state index is 0.0795. The number of carbonyl (C=O) groups is 1. The average molecular weight is 257 g/mol. The van der Waals surface area contributed by atoms with Gasteiger partial charge in [-0.25, -0.2) is 4.79 Å². The van der Waals surface area contributed by atoms with Crippen LogP contribution in [-0.4, -0.2) is 17.6 Å². The first-order valence-electron chi connectivity index (χ1n) is 5.92. The SMILES string of the molecule is CCOC(=O)c1cc(=O)c2[nH]c3ccccc3c2o1. The van der Waals surface area contributed by atoms with E-state index in [0.29, 0.717) is 11.1 Å². The maximum absolute atomic E-state index is 12.0. The van der Waals surface area contributed by atoms with Gasteiger partial charge in [-0.05, 0) is 19.1 Å². The molecule has 0 unspecified atom stereocenters. The van der Waals surface area contributed by atoms with Crippen LogP contribution >= 0.6 is 0 Å². The van der Waals surface area contributed by atoms with Gasteiger partial charge in [-0.15, -0.1) is 0 Å². The number of hydrogen-bond donors (Lipinski definition) is 1. The molecule has 0 radical (unpaired) electrons. The van der Waals surface area contributed by atoms with Crippen LogP contribution < -0.4 is 5.43 Å². The number of hydrogen-bond acceptors (Lipinski definition) is 4. The van der Waals surface area contributed by atoms with Gasteiger partial charge in [-0.1, -0.05) is 12.1 Å². The van der Waals surface area contributed by atoms with Crippen LogP contribution in [0.1, 0.15) is 17.5 Å². The Morgan fingerprint density at radius 2 is 2.16 bits per heavy atom. The molecule has 0 saturated heterocycles. The van der Waals surface area contributed by atoms with Crippen molar-refractivity contribution in [3.8, 4) is 0 Å². The molecule has 5 heteroatoms. The van der Waals surface area contributed by atoms with Crippen molar-refractivity contribution in [3.63, 3.8) is 0 Å². The van der Waals surface area contributed by atoms with Gasteiger partial charge in [0.2, 0.25) is 11.2 Å². The highest BCUT2D eigenvalue weighted by Crippen LogP contribution is 2.23. The van der Waals surface area contributed by atoms with Crippen molar-refractivity contribution < 1.29 is 13.9 Å². The summed E-state index contributed by atoms with van der Waals surface area (Å²) in [5, 5.41) is 0.765. The predicted molar refractivity (Wildman–Crippen MR) is 70.3 cm³/mol. The number of esters is 1. The highest BCUT2D eigenvalue weighted by atomic mass is 16.5. The van der Waals surface area contributed by atoms with Gasteiger partial charge in [-0.3, -0.25) is 4.79 Å². The van der Waals surface area contributed by atoms with E-state index in [-0.39, 0.29) is 17.8 Å². The molecule has 0 aliphatic rings. The zero-order valence-corrected chi connectivity index (χ0v) is 10.2. The Morgan fingerprint density at radius 3 is 2.95 bits per heavy atom. The van der Waals surface area contributed by atoms with E-state index in [1.807, 2.05) is 24.3 Å². The molecule has 1 N–H and O–H groups in total. The van der Waals surface area contributed by atoms with Crippen molar-refractivity contribution in [3.05, 3.63) is 46.3 Å². The molecule has 0 spiro atoms. The lowest BCUT2D eigenvalue weighted by Gasteiger charge is -2.00. The maximum Gasteiger partial charge on any atom is 0.374 e. The van der Waals surface area contributed by atoms with Crippen LogP contribution in [0.25, 0.3) is 22.0 Å². The third kappa shape index (κ3) is 1.79. The molecule has 0 aliphatic carbocycles. The van der Waals surface area contributed by atoms with Gasteiger partial charge in [0, 0.05) is 17.0 Å². The van der Waals surface area contributed by atoms with Gasteiger partial charge < -0.3 is 14.1 Å². The van der Waals surface area contributed by atoms with Gasteiger partial charge in [0.25, 0.3) is 0 Å². The molecule has 96 valence electrons.